The van der Waals surface area contributed by atoms with Gasteiger partial charge in [-0.15, -0.1) is 0 Å². The summed E-state index contributed by atoms with van der Waals surface area (Å²) >= 11 is 1.63. The number of rotatable bonds is 8. The summed E-state index contributed by atoms with van der Waals surface area (Å²) in [6.07, 6.45) is 1.96. The van der Waals surface area contributed by atoms with Gasteiger partial charge in [-0.05, 0) is 20.1 Å². The molecule has 1 atom stereocenters. The highest BCUT2D eigenvalue weighted by atomic mass is 32.2. The molecule has 7 heteroatoms. The first-order chi connectivity index (χ1) is 9.69. The Bertz CT molecular complexity index is 565. The molecule has 21 heavy (non-hydrogen) atoms. The minimum atomic E-state index is -3.55. The molecule has 0 aliphatic carbocycles. The van der Waals surface area contributed by atoms with Crippen molar-refractivity contribution in [1.29, 1.82) is 0 Å². The van der Waals surface area contributed by atoms with Gasteiger partial charge in [0, 0.05) is 29.9 Å². The third-order valence-corrected chi connectivity index (χ3v) is 5.83. The summed E-state index contributed by atoms with van der Waals surface area (Å²) in [4.78, 5) is 0.279. The zero-order valence-electron chi connectivity index (χ0n) is 13.6. The van der Waals surface area contributed by atoms with Gasteiger partial charge in [-0.1, -0.05) is 20.8 Å². The van der Waals surface area contributed by atoms with Crippen molar-refractivity contribution in [3.05, 3.63) is 17.1 Å². The van der Waals surface area contributed by atoms with Crippen molar-refractivity contribution in [3.8, 4) is 0 Å². The van der Waals surface area contributed by atoms with Crippen LogP contribution in [0.3, 0.4) is 0 Å². The Morgan fingerprint density at radius 3 is 2.33 bits per heavy atom. The first kappa shape index (κ1) is 18.5. The predicted molar refractivity (Wildman–Crippen MR) is 88.3 cm³/mol. The lowest BCUT2D eigenvalue weighted by atomic mass is 10.2. The lowest BCUT2D eigenvalue weighted by Crippen LogP contribution is -2.31. The Morgan fingerprint density at radius 1 is 1.19 bits per heavy atom. The van der Waals surface area contributed by atoms with Gasteiger partial charge in [0.15, 0.2) is 0 Å². The molecule has 2 N–H and O–H groups in total. The molecule has 1 aromatic heterocycles. The Hall–Kier alpha value is -0.500. The van der Waals surface area contributed by atoms with Crippen LogP contribution in [-0.4, -0.2) is 32.5 Å². The number of hydrogen-bond acceptors (Lipinski definition) is 5. The molecule has 0 saturated heterocycles. The van der Waals surface area contributed by atoms with Crippen LogP contribution in [-0.2, 0) is 16.6 Å². The van der Waals surface area contributed by atoms with Gasteiger partial charge < -0.3 is 9.73 Å². The van der Waals surface area contributed by atoms with Crippen molar-refractivity contribution in [1.82, 2.24) is 10.0 Å². The molecule has 0 saturated carbocycles. The van der Waals surface area contributed by atoms with Gasteiger partial charge in [0.2, 0.25) is 10.0 Å². The Kier molecular flexibility index (Phi) is 6.77. The van der Waals surface area contributed by atoms with Crippen LogP contribution in [0, 0.1) is 13.8 Å². The van der Waals surface area contributed by atoms with E-state index in [1.807, 2.05) is 27.0 Å². The zero-order chi connectivity index (χ0) is 16.2. The summed E-state index contributed by atoms with van der Waals surface area (Å²) in [7, 11) is -3.55. The van der Waals surface area contributed by atoms with Crippen molar-refractivity contribution in [3.63, 3.8) is 0 Å². The lowest BCUT2D eigenvalue weighted by molar-refractivity contribution is 0.491. The highest BCUT2D eigenvalue weighted by Gasteiger charge is 2.26. The fraction of sp³-hybridized carbons (Fsp3) is 0.714. The molecule has 0 aromatic carbocycles. The van der Waals surface area contributed by atoms with Crippen LogP contribution in [0.15, 0.2) is 9.31 Å². The maximum Gasteiger partial charge on any atom is 0.244 e. The predicted octanol–water partition coefficient (Wildman–Crippen LogP) is 2.42. The molecule has 1 aromatic rings. The molecule has 0 spiro atoms. The number of aryl methyl sites for hydroxylation is 2. The van der Waals surface area contributed by atoms with Gasteiger partial charge in [0.05, 0.1) is 0 Å². The molecule has 122 valence electrons. The standard InChI is InChI=1S/C14H26N2O3S2/c1-9(2)15-8-13-11(4)19-12(5)14(13)21(17,18)16-7-10(3)20-6/h9-10,15-16H,7-8H2,1-6H3. The van der Waals surface area contributed by atoms with Gasteiger partial charge in [-0.3, -0.25) is 0 Å². The fourth-order valence-corrected chi connectivity index (χ4v) is 3.88. The van der Waals surface area contributed by atoms with Crippen molar-refractivity contribution in [2.24, 2.45) is 0 Å². The van der Waals surface area contributed by atoms with Gasteiger partial charge in [-0.2, -0.15) is 11.8 Å². The fourth-order valence-electron chi connectivity index (χ4n) is 1.95. The largest absolute Gasteiger partial charge is 0.465 e. The molecule has 0 amide bonds. The van der Waals surface area contributed by atoms with E-state index in [1.54, 1.807) is 25.6 Å². The minimum absolute atomic E-state index is 0.227. The van der Waals surface area contributed by atoms with Crippen LogP contribution in [0.1, 0.15) is 37.9 Å². The SMILES string of the molecule is CSC(C)CNS(=O)(=O)c1c(C)oc(C)c1CNC(C)C. The van der Waals surface area contributed by atoms with E-state index >= 15 is 0 Å². The first-order valence-corrected chi connectivity index (χ1v) is 9.80. The smallest absolute Gasteiger partial charge is 0.244 e. The molecule has 0 fully saturated rings. The van der Waals surface area contributed by atoms with E-state index in [2.05, 4.69) is 10.0 Å². The summed E-state index contributed by atoms with van der Waals surface area (Å²) in [6, 6.07) is 0.277. The van der Waals surface area contributed by atoms with Crippen LogP contribution in [0.25, 0.3) is 0 Å². The monoisotopic (exact) mass is 334 g/mol. The topological polar surface area (TPSA) is 71.3 Å². The lowest BCUT2D eigenvalue weighted by Gasteiger charge is -2.13. The van der Waals surface area contributed by atoms with E-state index in [9.17, 15) is 8.42 Å². The van der Waals surface area contributed by atoms with E-state index in [0.29, 0.717) is 30.2 Å². The molecule has 1 rings (SSSR count). The van der Waals surface area contributed by atoms with Crippen LogP contribution < -0.4 is 10.0 Å². The van der Waals surface area contributed by atoms with E-state index in [-0.39, 0.29) is 16.2 Å². The summed E-state index contributed by atoms with van der Waals surface area (Å²) in [6.45, 7) is 10.4. The molecule has 5 nitrogen and oxygen atoms in total. The zero-order valence-corrected chi connectivity index (χ0v) is 15.2. The van der Waals surface area contributed by atoms with Crippen molar-refractivity contribution >= 4 is 21.8 Å². The molecule has 1 unspecified atom stereocenters. The Balaban J connectivity index is 3.04. The number of hydrogen-bond donors (Lipinski definition) is 2. The molecule has 0 radical (unpaired) electrons. The average Bonchev–Trinajstić information content (AvgIpc) is 2.68. The van der Waals surface area contributed by atoms with E-state index in [0.717, 1.165) is 0 Å². The maximum absolute atomic E-state index is 12.5. The number of furan rings is 1. The Morgan fingerprint density at radius 2 is 1.81 bits per heavy atom. The van der Waals surface area contributed by atoms with Crippen molar-refractivity contribution in [2.75, 3.05) is 12.8 Å². The quantitative estimate of drug-likeness (QED) is 0.764. The molecular weight excluding hydrogens is 308 g/mol. The third kappa shape index (κ3) is 5.02. The van der Waals surface area contributed by atoms with Crippen LogP contribution in [0.4, 0.5) is 0 Å². The summed E-state index contributed by atoms with van der Waals surface area (Å²) in [5.74, 6) is 1.09. The number of nitrogens with one attached hydrogen (secondary N) is 2. The van der Waals surface area contributed by atoms with Crippen LogP contribution in [0.5, 0.6) is 0 Å². The number of thioether (sulfide) groups is 1. The minimum Gasteiger partial charge on any atom is -0.465 e. The third-order valence-electron chi connectivity index (χ3n) is 3.24. The normalized spacial score (nSPS) is 13.9. The first-order valence-electron chi connectivity index (χ1n) is 7.03. The maximum atomic E-state index is 12.5. The van der Waals surface area contributed by atoms with Crippen molar-refractivity contribution < 1.29 is 12.8 Å². The second-order valence-corrected chi connectivity index (χ2v) is 8.44. The molecule has 0 aliphatic rings. The van der Waals surface area contributed by atoms with Gasteiger partial charge >= 0.3 is 0 Å². The highest BCUT2D eigenvalue weighted by molar-refractivity contribution is 7.99. The number of sulfonamides is 1. The van der Waals surface area contributed by atoms with Crippen LogP contribution in [0.2, 0.25) is 0 Å². The second-order valence-electron chi connectivity index (χ2n) is 5.46. The van der Waals surface area contributed by atoms with E-state index in [1.165, 1.54) is 0 Å². The molecule has 0 bridgehead atoms. The van der Waals surface area contributed by atoms with Gasteiger partial charge in [-0.25, -0.2) is 13.1 Å². The van der Waals surface area contributed by atoms with Gasteiger partial charge in [0.1, 0.15) is 16.4 Å². The van der Waals surface area contributed by atoms with E-state index in [4.69, 9.17) is 4.42 Å². The molecule has 0 aliphatic heterocycles. The van der Waals surface area contributed by atoms with Crippen molar-refractivity contribution in [2.45, 2.75) is 57.4 Å². The summed E-state index contributed by atoms with van der Waals surface area (Å²) in [5, 5.41) is 3.48. The Labute approximate surface area is 132 Å². The highest BCUT2D eigenvalue weighted by Crippen LogP contribution is 2.26. The van der Waals surface area contributed by atoms with Crippen LogP contribution >= 0.6 is 11.8 Å². The summed E-state index contributed by atoms with van der Waals surface area (Å²) in [5.41, 5.74) is 0.713. The van der Waals surface area contributed by atoms with Gasteiger partial charge in [0.25, 0.3) is 0 Å². The summed E-state index contributed by atoms with van der Waals surface area (Å²) < 4.78 is 33.3. The van der Waals surface area contributed by atoms with E-state index < -0.39 is 10.0 Å². The second kappa shape index (κ2) is 7.67. The average molecular weight is 335 g/mol. The molecule has 1 heterocycles. The molecular formula is C14H26N2O3S2.